The number of hydrogen-bond donors (Lipinski definition) is 0. The monoisotopic (exact) mass is 304 g/mol. The van der Waals surface area contributed by atoms with Crippen LogP contribution in [-0.2, 0) is 16.1 Å². The van der Waals surface area contributed by atoms with E-state index in [2.05, 4.69) is 20.0 Å². The first-order chi connectivity index (χ1) is 10.8. The summed E-state index contributed by atoms with van der Waals surface area (Å²) >= 11 is 0. The lowest BCUT2D eigenvalue weighted by atomic mass is 10.1. The Kier molecular flexibility index (Phi) is 4.65. The molecule has 0 radical (unpaired) electrons. The molecule has 22 heavy (non-hydrogen) atoms. The van der Waals surface area contributed by atoms with Gasteiger partial charge in [0.25, 0.3) is 5.89 Å². The molecule has 1 unspecified atom stereocenters. The zero-order valence-electron chi connectivity index (χ0n) is 12.9. The van der Waals surface area contributed by atoms with Gasteiger partial charge in [0.1, 0.15) is 12.4 Å². The fourth-order valence-electron chi connectivity index (χ4n) is 2.60. The van der Waals surface area contributed by atoms with Gasteiger partial charge in [-0.15, -0.1) is 0 Å². The summed E-state index contributed by atoms with van der Waals surface area (Å²) in [7, 11) is 3.36. The molecular formula is C15H20N4O3. The zero-order valence-corrected chi connectivity index (χ0v) is 12.9. The van der Waals surface area contributed by atoms with Crippen molar-refractivity contribution in [2.75, 3.05) is 32.2 Å². The second-order valence-corrected chi connectivity index (χ2v) is 5.30. The maximum Gasteiger partial charge on any atom is 0.259 e. The third kappa shape index (κ3) is 3.26. The highest BCUT2D eigenvalue weighted by Gasteiger charge is 2.20. The van der Waals surface area contributed by atoms with E-state index in [1.54, 1.807) is 20.4 Å². The number of rotatable bonds is 5. The van der Waals surface area contributed by atoms with E-state index in [1.165, 1.54) is 0 Å². The van der Waals surface area contributed by atoms with Crippen LogP contribution in [0.25, 0.3) is 11.5 Å². The molecule has 2 aromatic heterocycles. The van der Waals surface area contributed by atoms with Crippen LogP contribution in [0.1, 0.15) is 18.7 Å². The Bertz CT molecular complexity index is 599. The molecule has 2 aromatic rings. The Morgan fingerprint density at radius 2 is 2.27 bits per heavy atom. The number of methoxy groups -OCH3 is 2. The molecule has 0 N–H and O–H groups in total. The minimum atomic E-state index is 0.280. The van der Waals surface area contributed by atoms with Gasteiger partial charge in [-0.05, 0) is 25.0 Å². The molecule has 1 atom stereocenters. The maximum atomic E-state index is 5.45. The van der Waals surface area contributed by atoms with E-state index < -0.39 is 0 Å². The first-order valence-corrected chi connectivity index (χ1v) is 7.36. The van der Waals surface area contributed by atoms with Gasteiger partial charge >= 0.3 is 0 Å². The number of piperidine rings is 1. The normalized spacial score (nSPS) is 18.6. The number of hydrogen-bond acceptors (Lipinski definition) is 7. The van der Waals surface area contributed by atoms with Crippen LogP contribution in [0.5, 0.6) is 0 Å². The van der Waals surface area contributed by atoms with Gasteiger partial charge in [0.05, 0.1) is 11.7 Å². The molecule has 0 aliphatic carbocycles. The summed E-state index contributed by atoms with van der Waals surface area (Å²) in [6.45, 7) is 2.22. The largest absolute Gasteiger partial charge is 0.380 e. The first kappa shape index (κ1) is 14.9. The third-order valence-electron chi connectivity index (χ3n) is 3.77. The zero-order chi connectivity index (χ0) is 15.4. The summed E-state index contributed by atoms with van der Waals surface area (Å²) in [6.07, 6.45) is 4.26. The van der Waals surface area contributed by atoms with Gasteiger partial charge in [0.15, 0.2) is 5.82 Å². The number of pyridine rings is 1. The number of nitrogens with zero attached hydrogens (tertiary/aromatic N) is 4. The van der Waals surface area contributed by atoms with E-state index in [9.17, 15) is 0 Å². The van der Waals surface area contributed by atoms with Gasteiger partial charge in [-0.2, -0.15) is 4.98 Å². The molecular weight excluding hydrogens is 284 g/mol. The van der Waals surface area contributed by atoms with Crippen molar-refractivity contribution in [1.29, 1.82) is 0 Å². The number of ether oxygens (including phenoxy) is 2. The molecule has 1 saturated heterocycles. The van der Waals surface area contributed by atoms with Gasteiger partial charge in [-0.3, -0.25) is 0 Å². The van der Waals surface area contributed by atoms with Crippen LogP contribution in [0.15, 0.2) is 22.9 Å². The van der Waals surface area contributed by atoms with Crippen molar-refractivity contribution >= 4 is 5.82 Å². The second kappa shape index (κ2) is 6.85. The molecule has 0 spiro atoms. The van der Waals surface area contributed by atoms with E-state index in [0.717, 1.165) is 37.3 Å². The van der Waals surface area contributed by atoms with Crippen molar-refractivity contribution in [3.05, 3.63) is 24.2 Å². The van der Waals surface area contributed by atoms with Crippen LogP contribution >= 0.6 is 0 Å². The lowest BCUT2D eigenvalue weighted by molar-refractivity contribution is 0.0891. The van der Waals surface area contributed by atoms with Crippen molar-refractivity contribution in [2.45, 2.75) is 25.6 Å². The minimum Gasteiger partial charge on any atom is -0.380 e. The average Bonchev–Trinajstić information content (AvgIpc) is 3.04. The first-order valence-electron chi connectivity index (χ1n) is 7.36. The van der Waals surface area contributed by atoms with Crippen molar-refractivity contribution < 1.29 is 14.0 Å². The standard InChI is InChI=1S/C15H20N4O3/c1-20-10-13-17-15(22-18-13)11-5-6-14(16-8-11)19-7-3-4-12(9-19)21-2/h5-6,8,12H,3-4,7,9-10H2,1-2H3. The van der Waals surface area contributed by atoms with Crippen molar-refractivity contribution in [2.24, 2.45) is 0 Å². The third-order valence-corrected chi connectivity index (χ3v) is 3.77. The fourth-order valence-corrected chi connectivity index (χ4v) is 2.60. The number of aromatic nitrogens is 3. The molecule has 1 aliphatic rings. The summed E-state index contributed by atoms with van der Waals surface area (Å²) in [4.78, 5) is 11.0. The van der Waals surface area contributed by atoms with E-state index >= 15 is 0 Å². The average molecular weight is 304 g/mol. The van der Waals surface area contributed by atoms with Crippen molar-refractivity contribution in [3.63, 3.8) is 0 Å². The Balaban J connectivity index is 1.71. The van der Waals surface area contributed by atoms with Gasteiger partial charge < -0.3 is 18.9 Å². The molecule has 118 valence electrons. The smallest absolute Gasteiger partial charge is 0.259 e. The van der Waals surface area contributed by atoms with Crippen LogP contribution in [-0.4, -0.2) is 48.5 Å². The Morgan fingerprint density at radius 1 is 1.36 bits per heavy atom. The highest BCUT2D eigenvalue weighted by molar-refractivity contribution is 5.54. The van der Waals surface area contributed by atoms with Crippen LogP contribution in [0.2, 0.25) is 0 Å². The fraction of sp³-hybridized carbons (Fsp3) is 0.533. The maximum absolute atomic E-state index is 5.45. The van der Waals surface area contributed by atoms with Crippen LogP contribution in [0.4, 0.5) is 5.82 Å². The van der Waals surface area contributed by atoms with Gasteiger partial charge in [0.2, 0.25) is 0 Å². The van der Waals surface area contributed by atoms with Crippen molar-refractivity contribution in [3.8, 4) is 11.5 Å². The van der Waals surface area contributed by atoms with Crippen LogP contribution in [0.3, 0.4) is 0 Å². The lowest BCUT2D eigenvalue weighted by Gasteiger charge is -2.32. The van der Waals surface area contributed by atoms with E-state index in [4.69, 9.17) is 14.0 Å². The summed E-state index contributed by atoms with van der Waals surface area (Å²) in [5, 5.41) is 3.85. The molecule has 0 aromatic carbocycles. The number of anilines is 1. The molecule has 7 nitrogen and oxygen atoms in total. The molecule has 7 heteroatoms. The van der Waals surface area contributed by atoms with E-state index in [-0.39, 0.29) is 6.10 Å². The Morgan fingerprint density at radius 3 is 3.00 bits per heavy atom. The van der Waals surface area contributed by atoms with E-state index in [0.29, 0.717) is 18.3 Å². The van der Waals surface area contributed by atoms with Crippen molar-refractivity contribution in [1.82, 2.24) is 15.1 Å². The molecule has 0 saturated carbocycles. The highest BCUT2D eigenvalue weighted by Crippen LogP contribution is 2.22. The predicted molar refractivity (Wildman–Crippen MR) is 80.5 cm³/mol. The summed E-state index contributed by atoms with van der Waals surface area (Å²) < 4.78 is 15.6. The SMILES string of the molecule is COCc1noc(-c2ccc(N3CCCC(OC)C3)nc2)n1. The molecule has 3 heterocycles. The summed E-state index contributed by atoms with van der Waals surface area (Å²) in [5.74, 6) is 1.93. The quantitative estimate of drug-likeness (QED) is 0.835. The van der Waals surface area contributed by atoms with E-state index in [1.807, 2.05) is 12.1 Å². The summed E-state index contributed by atoms with van der Waals surface area (Å²) in [6, 6.07) is 3.93. The minimum absolute atomic E-state index is 0.280. The lowest BCUT2D eigenvalue weighted by Crippen LogP contribution is -2.39. The Hall–Kier alpha value is -1.99. The van der Waals surface area contributed by atoms with Crippen LogP contribution in [0, 0.1) is 0 Å². The Labute approximate surface area is 129 Å². The highest BCUT2D eigenvalue weighted by atomic mass is 16.5. The van der Waals surface area contributed by atoms with Gasteiger partial charge in [-0.25, -0.2) is 4.98 Å². The van der Waals surface area contributed by atoms with Gasteiger partial charge in [-0.1, -0.05) is 5.16 Å². The second-order valence-electron chi connectivity index (χ2n) is 5.30. The predicted octanol–water partition coefficient (Wildman–Crippen LogP) is 1.89. The molecule has 0 bridgehead atoms. The molecule has 1 aliphatic heterocycles. The summed E-state index contributed by atoms with van der Waals surface area (Å²) in [5.41, 5.74) is 0.805. The molecule has 0 amide bonds. The van der Waals surface area contributed by atoms with Crippen LogP contribution < -0.4 is 4.90 Å². The topological polar surface area (TPSA) is 73.5 Å². The van der Waals surface area contributed by atoms with Gasteiger partial charge in [0, 0.05) is 33.5 Å². The molecule has 3 rings (SSSR count). The molecule has 1 fully saturated rings.